The summed E-state index contributed by atoms with van der Waals surface area (Å²) in [6.07, 6.45) is 3.58. The lowest BCUT2D eigenvalue weighted by Crippen LogP contribution is -2.51. The largest absolute Gasteiger partial charge is 0.480 e. The number of nitrogens with one attached hydrogen (secondary N) is 2. The summed E-state index contributed by atoms with van der Waals surface area (Å²) in [6, 6.07) is 4.15. The maximum atomic E-state index is 13.0. The normalized spacial score (nSPS) is 18.1. The fourth-order valence-corrected chi connectivity index (χ4v) is 5.30. The minimum Gasteiger partial charge on any atom is -0.480 e. The number of amides is 4. The van der Waals surface area contributed by atoms with Crippen molar-refractivity contribution in [1.29, 1.82) is 0 Å². The first-order valence-electron chi connectivity index (χ1n) is 15.0. The first-order chi connectivity index (χ1) is 20.8. The third kappa shape index (κ3) is 10.2. The molecule has 1 aromatic rings. The van der Waals surface area contributed by atoms with Crippen LogP contribution in [0.25, 0.3) is 0 Å². The van der Waals surface area contributed by atoms with Crippen LogP contribution in [0.1, 0.15) is 80.0 Å². The fraction of sp³-hybridized carbons (Fsp3) is 0.613. The molecule has 2 atom stereocenters. The Morgan fingerprint density at radius 3 is 2.18 bits per heavy atom. The molecule has 13 heteroatoms. The van der Waals surface area contributed by atoms with Gasteiger partial charge in [-0.2, -0.15) is 0 Å². The van der Waals surface area contributed by atoms with Crippen LogP contribution < -0.4 is 10.6 Å². The molecule has 0 bridgehead atoms. The highest BCUT2D eigenvalue weighted by molar-refractivity contribution is 5.98. The number of carbonyl (C=O) groups is 6. The maximum absolute atomic E-state index is 13.0. The van der Waals surface area contributed by atoms with E-state index in [1.54, 1.807) is 9.80 Å². The smallest absolute Gasteiger partial charge is 0.410 e. The monoisotopic (exact) mass is 616 g/mol. The number of aliphatic carboxylic acids is 1. The SMILES string of the molecule is COC(=O)c1ccc(C(=O)NC(CNC(=O)[C@@H]2CCCN(C(=O)CCC3CCN(C(=O)OC(C)(C)C)CC3)C2)C(=O)O)cc1. The highest BCUT2D eigenvalue weighted by Crippen LogP contribution is 2.25. The molecular formula is C31H44N4O9. The number of carboxylic acids is 1. The molecule has 3 rings (SSSR count). The van der Waals surface area contributed by atoms with E-state index >= 15 is 0 Å². The van der Waals surface area contributed by atoms with Gasteiger partial charge in [-0.1, -0.05) is 0 Å². The van der Waals surface area contributed by atoms with Gasteiger partial charge in [0.1, 0.15) is 11.6 Å². The Labute approximate surface area is 257 Å². The average Bonchev–Trinajstić information content (AvgIpc) is 3.00. The number of rotatable bonds is 10. The number of hydrogen-bond donors (Lipinski definition) is 3. The summed E-state index contributed by atoms with van der Waals surface area (Å²) in [4.78, 5) is 77.5. The standard InChI is InChI=1S/C31H44N4O9/c1-31(2,3)44-30(42)34-16-13-20(14-17-34)7-12-25(36)35-15-5-6-23(19-35)26(37)32-18-24(28(39)40)33-27(38)21-8-10-22(11-9-21)29(41)43-4/h8-11,20,23-24H,5-7,12-19H2,1-4H3,(H,32,37)(H,33,38)(H,39,40)/t23-,24?/m1/s1. The lowest BCUT2D eigenvalue weighted by atomic mass is 9.91. The van der Waals surface area contributed by atoms with Crippen LogP contribution in [0.15, 0.2) is 24.3 Å². The van der Waals surface area contributed by atoms with E-state index in [2.05, 4.69) is 15.4 Å². The van der Waals surface area contributed by atoms with E-state index in [-0.39, 0.29) is 42.1 Å². The second-order valence-corrected chi connectivity index (χ2v) is 12.3. The van der Waals surface area contributed by atoms with Crippen molar-refractivity contribution in [2.24, 2.45) is 11.8 Å². The maximum Gasteiger partial charge on any atom is 0.410 e. The van der Waals surface area contributed by atoms with Crippen LogP contribution in [0.4, 0.5) is 4.79 Å². The number of benzene rings is 1. The number of carboxylic acid groups (broad SMARTS) is 1. The third-order valence-electron chi connectivity index (χ3n) is 7.83. The van der Waals surface area contributed by atoms with E-state index in [1.165, 1.54) is 31.4 Å². The van der Waals surface area contributed by atoms with Gasteiger partial charge < -0.3 is 35.0 Å². The van der Waals surface area contributed by atoms with Gasteiger partial charge >= 0.3 is 18.0 Å². The van der Waals surface area contributed by atoms with Gasteiger partial charge in [0.05, 0.1) is 18.6 Å². The molecule has 3 N–H and O–H groups in total. The van der Waals surface area contributed by atoms with Crippen molar-refractivity contribution in [3.8, 4) is 0 Å². The van der Waals surface area contributed by atoms with Crippen molar-refractivity contribution < 1.29 is 43.3 Å². The molecule has 0 saturated carbocycles. The minimum absolute atomic E-state index is 0.0223. The zero-order chi connectivity index (χ0) is 32.4. The van der Waals surface area contributed by atoms with Gasteiger partial charge in [-0.3, -0.25) is 14.4 Å². The lowest BCUT2D eigenvalue weighted by Gasteiger charge is -2.34. The van der Waals surface area contributed by atoms with Crippen LogP contribution >= 0.6 is 0 Å². The molecule has 44 heavy (non-hydrogen) atoms. The van der Waals surface area contributed by atoms with Crippen molar-refractivity contribution in [3.05, 3.63) is 35.4 Å². The van der Waals surface area contributed by atoms with Crippen LogP contribution in [0.3, 0.4) is 0 Å². The van der Waals surface area contributed by atoms with Gasteiger partial charge in [0, 0.05) is 44.7 Å². The molecule has 2 heterocycles. The van der Waals surface area contributed by atoms with Crippen molar-refractivity contribution in [2.75, 3.05) is 39.8 Å². The van der Waals surface area contributed by atoms with Crippen molar-refractivity contribution in [2.45, 2.75) is 70.9 Å². The van der Waals surface area contributed by atoms with Gasteiger partial charge in [0.2, 0.25) is 11.8 Å². The predicted molar refractivity (Wildman–Crippen MR) is 159 cm³/mol. The molecule has 2 fully saturated rings. The van der Waals surface area contributed by atoms with Crippen molar-refractivity contribution in [3.63, 3.8) is 0 Å². The molecular weight excluding hydrogens is 572 g/mol. The zero-order valence-electron chi connectivity index (χ0n) is 25.9. The number of piperidine rings is 2. The van der Waals surface area contributed by atoms with E-state index in [0.717, 1.165) is 12.8 Å². The molecule has 2 saturated heterocycles. The highest BCUT2D eigenvalue weighted by atomic mass is 16.6. The minimum atomic E-state index is -1.38. The van der Waals surface area contributed by atoms with E-state index in [4.69, 9.17) is 4.74 Å². The van der Waals surface area contributed by atoms with Gasteiger partial charge in [-0.15, -0.1) is 0 Å². The summed E-state index contributed by atoms with van der Waals surface area (Å²) in [5, 5.41) is 14.6. The Bertz CT molecular complexity index is 1200. The molecule has 4 amide bonds. The first-order valence-corrected chi connectivity index (χ1v) is 15.0. The molecule has 1 aromatic carbocycles. The number of methoxy groups -OCH3 is 1. The third-order valence-corrected chi connectivity index (χ3v) is 7.83. The Balaban J connectivity index is 1.42. The summed E-state index contributed by atoms with van der Waals surface area (Å²) in [7, 11) is 1.24. The van der Waals surface area contributed by atoms with Crippen LogP contribution in [-0.2, 0) is 23.9 Å². The number of hydrogen-bond acceptors (Lipinski definition) is 8. The Kier molecular flexibility index (Phi) is 12.1. The molecule has 0 aromatic heterocycles. The van der Waals surface area contributed by atoms with Crippen LogP contribution in [-0.4, -0.2) is 102 Å². The van der Waals surface area contributed by atoms with Gasteiger partial charge in [-0.05, 0) is 83.1 Å². The Morgan fingerprint density at radius 1 is 0.955 bits per heavy atom. The summed E-state index contributed by atoms with van der Waals surface area (Å²) in [6.45, 7) is 7.18. The number of esters is 1. The molecule has 13 nitrogen and oxygen atoms in total. The zero-order valence-corrected chi connectivity index (χ0v) is 25.9. The van der Waals surface area contributed by atoms with Crippen LogP contribution in [0.2, 0.25) is 0 Å². The molecule has 0 aliphatic carbocycles. The summed E-state index contributed by atoms with van der Waals surface area (Å²) in [5.41, 5.74) is -0.156. The topological polar surface area (TPSA) is 172 Å². The van der Waals surface area contributed by atoms with E-state index in [1.807, 2.05) is 20.8 Å². The molecule has 0 spiro atoms. The quantitative estimate of drug-likeness (QED) is 0.334. The van der Waals surface area contributed by atoms with Gasteiger partial charge in [0.25, 0.3) is 5.91 Å². The fourth-order valence-electron chi connectivity index (χ4n) is 5.30. The Morgan fingerprint density at radius 2 is 1.59 bits per heavy atom. The molecule has 2 aliphatic rings. The highest BCUT2D eigenvalue weighted by Gasteiger charge is 2.31. The first kappa shape index (κ1) is 34.3. The van der Waals surface area contributed by atoms with Gasteiger partial charge in [-0.25, -0.2) is 14.4 Å². The van der Waals surface area contributed by atoms with Crippen LogP contribution in [0.5, 0.6) is 0 Å². The predicted octanol–water partition coefficient (Wildman–Crippen LogP) is 2.44. The number of nitrogens with zero attached hydrogens (tertiary/aromatic N) is 2. The van der Waals surface area contributed by atoms with Crippen molar-refractivity contribution in [1.82, 2.24) is 20.4 Å². The van der Waals surface area contributed by atoms with E-state index < -0.39 is 35.4 Å². The molecule has 2 aliphatic heterocycles. The Hall–Kier alpha value is -4.16. The van der Waals surface area contributed by atoms with E-state index in [0.29, 0.717) is 51.2 Å². The van der Waals surface area contributed by atoms with Crippen molar-refractivity contribution >= 4 is 35.8 Å². The second-order valence-electron chi connectivity index (χ2n) is 12.3. The summed E-state index contributed by atoms with van der Waals surface area (Å²) < 4.78 is 10.1. The average molecular weight is 617 g/mol. The van der Waals surface area contributed by atoms with E-state index in [9.17, 15) is 33.9 Å². The number of likely N-dealkylation sites (tertiary alicyclic amines) is 2. The molecule has 0 radical (unpaired) electrons. The molecule has 242 valence electrons. The number of ether oxygens (including phenoxy) is 2. The van der Waals surface area contributed by atoms with Gasteiger partial charge in [0.15, 0.2) is 0 Å². The number of carbonyl (C=O) groups excluding carboxylic acids is 5. The summed E-state index contributed by atoms with van der Waals surface area (Å²) in [5.74, 6) is -3.11. The second kappa shape index (κ2) is 15.5. The lowest BCUT2D eigenvalue weighted by molar-refractivity contribution is -0.139. The molecule has 1 unspecified atom stereocenters. The van der Waals surface area contributed by atoms with Crippen LogP contribution in [0, 0.1) is 11.8 Å². The summed E-state index contributed by atoms with van der Waals surface area (Å²) >= 11 is 0.